The molecule has 0 aliphatic carbocycles. The second kappa shape index (κ2) is 18.7. The molecule has 0 radical (unpaired) electrons. The van der Waals surface area contributed by atoms with Crippen LogP contribution in [0.3, 0.4) is 0 Å². The third-order valence-electron chi connectivity index (χ3n) is 15.6. The molecule has 0 saturated heterocycles. The van der Waals surface area contributed by atoms with Gasteiger partial charge in [0.15, 0.2) is 0 Å². The van der Waals surface area contributed by atoms with Gasteiger partial charge in [0.05, 0.1) is 21.9 Å². The molecule has 1 aromatic heterocycles. The quantitative estimate of drug-likeness (QED) is 0.0959. The van der Waals surface area contributed by atoms with Crippen LogP contribution < -0.4 is 0 Å². The van der Waals surface area contributed by atoms with Crippen LogP contribution >= 0.6 is 0 Å². The van der Waals surface area contributed by atoms with Gasteiger partial charge in [-0.3, -0.25) is 0 Å². The van der Waals surface area contributed by atoms with Crippen LogP contribution in [0.25, 0.3) is 32.6 Å². The highest BCUT2D eigenvalue weighted by atomic mass is 14.9. The molecule has 350 valence electrons. The maximum Gasteiger partial charge on any atom is 0.127 e. The van der Waals surface area contributed by atoms with E-state index < -0.39 is 16.2 Å². The monoisotopic (exact) mass is 944 g/mol. The minimum atomic E-state index is -0.784. The normalized spacial score (nSPS) is 12.1. The van der Waals surface area contributed by atoms with Crippen LogP contribution in [0.4, 0.5) is 0 Å². The fourth-order valence-corrected chi connectivity index (χ4v) is 12.5. The van der Waals surface area contributed by atoms with E-state index in [1.54, 1.807) is 0 Å². The summed E-state index contributed by atoms with van der Waals surface area (Å²) in [5.41, 5.74) is 12.7. The molecule has 0 aliphatic heterocycles. The van der Waals surface area contributed by atoms with Crippen molar-refractivity contribution in [2.24, 2.45) is 0 Å². The molecule has 74 heavy (non-hydrogen) atoms. The Labute approximate surface area is 433 Å². The van der Waals surface area contributed by atoms with Gasteiger partial charge >= 0.3 is 0 Å². The topological polar surface area (TPSA) is 28.7 Å². The predicted molar refractivity (Wildman–Crippen MR) is 306 cm³/mol. The summed E-state index contributed by atoms with van der Waals surface area (Å²) in [6.45, 7) is 0. The molecule has 0 amide bonds. The van der Waals surface area contributed by atoms with Gasteiger partial charge in [-0.1, -0.05) is 297 Å². The van der Waals surface area contributed by atoms with E-state index in [1.165, 1.54) is 44.5 Å². The minimum absolute atomic E-state index is 0.666. The molecule has 0 unspecified atom stereocenters. The number of hydrogen-bond donors (Lipinski definition) is 1. The Kier molecular flexibility index (Phi) is 11.2. The molecule has 2 heteroatoms. The Balaban J connectivity index is 1.20. The number of benzene rings is 12. The van der Waals surface area contributed by atoms with E-state index in [9.17, 15) is 0 Å². The van der Waals surface area contributed by atoms with E-state index >= 15 is 0 Å². The predicted octanol–water partition coefficient (Wildman–Crippen LogP) is 17.0. The van der Waals surface area contributed by atoms with E-state index in [1.807, 2.05) is 0 Å². The summed E-state index contributed by atoms with van der Waals surface area (Å²) in [7, 11) is 0. The Bertz CT molecular complexity index is 3520. The fraction of sp³-hybridized carbons (Fsp3) is 0.0417. The largest absolute Gasteiger partial charge is 0.340 e. The summed E-state index contributed by atoms with van der Waals surface area (Å²) in [5, 5.41) is 4.45. The van der Waals surface area contributed by atoms with Crippen LogP contribution in [-0.2, 0) is 16.2 Å². The molecule has 13 rings (SSSR count). The van der Waals surface area contributed by atoms with Gasteiger partial charge in [0.25, 0.3) is 0 Å². The lowest BCUT2D eigenvalue weighted by Gasteiger charge is -2.37. The maximum atomic E-state index is 5.92. The first-order valence-electron chi connectivity index (χ1n) is 25.6. The number of aromatic nitrogens is 2. The number of rotatable bonds is 12. The zero-order valence-electron chi connectivity index (χ0n) is 40.9. The van der Waals surface area contributed by atoms with Crippen molar-refractivity contribution in [2.45, 2.75) is 16.2 Å². The van der Waals surface area contributed by atoms with E-state index in [-0.39, 0.29) is 0 Å². The number of nitrogens with zero attached hydrogens (tertiary/aromatic N) is 1. The Morgan fingerprint density at radius 3 is 0.743 bits per heavy atom. The second-order valence-corrected chi connectivity index (χ2v) is 19.4. The van der Waals surface area contributed by atoms with Crippen LogP contribution in [0.15, 0.2) is 309 Å². The number of H-pyrrole nitrogens is 1. The molecule has 0 spiro atoms. The molecular formula is C72H52N2. The lowest BCUT2D eigenvalue weighted by molar-refractivity contribution is 0.695. The molecule has 12 aromatic carbocycles. The highest BCUT2D eigenvalue weighted by Gasteiger charge is 2.43. The summed E-state index contributed by atoms with van der Waals surface area (Å²) in [5.74, 6) is 0.859. The van der Waals surface area contributed by atoms with Crippen molar-refractivity contribution in [3.05, 3.63) is 376 Å². The zero-order chi connectivity index (χ0) is 49.4. The van der Waals surface area contributed by atoms with Gasteiger partial charge < -0.3 is 4.98 Å². The first-order valence-corrected chi connectivity index (χ1v) is 25.6. The van der Waals surface area contributed by atoms with E-state index in [4.69, 9.17) is 4.98 Å². The first kappa shape index (κ1) is 44.6. The smallest absolute Gasteiger partial charge is 0.127 e. The average molecular weight is 945 g/mol. The molecule has 13 aromatic rings. The fourth-order valence-electron chi connectivity index (χ4n) is 12.5. The van der Waals surface area contributed by atoms with Gasteiger partial charge in [0.2, 0.25) is 0 Å². The molecule has 2 nitrogen and oxygen atoms in total. The van der Waals surface area contributed by atoms with Crippen LogP contribution in [-0.4, -0.2) is 9.97 Å². The third-order valence-corrected chi connectivity index (χ3v) is 15.6. The van der Waals surface area contributed by atoms with Crippen molar-refractivity contribution in [1.29, 1.82) is 0 Å². The standard InChI is InChI=1S/C72H52N2/c1-10-28-52(29-11-1)70(53-30-12-2-13-31-53,54-32-14-3-15-33-54)61-46-48-63-65(50-61)66-51-62(71(55-34-16-4-17-35-55,56-36-18-5-19-37-56)57-38-20-6-21-39-57)47-49-64(66)68-67(63)73-69(74-68)72(58-40-22-7-23-41-58,59-42-24-8-25-43-59)60-44-26-9-27-45-60/h1-51H,(H,73,74). The molecule has 0 bridgehead atoms. The Morgan fingerprint density at radius 2 is 0.459 bits per heavy atom. The zero-order valence-corrected chi connectivity index (χ0v) is 40.9. The van der Waals surface area contributed by atoms with Gasteiger partial charge in [-0.05, 0) is 84.1 Å². The molecule has 0 saturated carbocycles. The maximum absolute atomic E-state index is 5.92. The number of imidazole rings is 1. The molecule has 0 fully saturated rings. The summed E-state index contributed by atoms with van der Waals surface area (Å²) < 4.78 is 0. The van der Waals surface area contributed by atoms with Crippen molar-refractivity contribution in [2.75, 3.05) is 0 Å². The van der Waals surface area contributed by atoms with Crippen LogP contribution in [0.5, 0.6) is 0 Å². The summed E-state index contributed by atoms with van der Waals surface area (Å²) >= 11 is 0. The molecule has 1 heterocycles. The van der Waals surface area contributed by atoms with Crippen molar-refractivity contribution >= 4 is 32.6 Å². The van der Waals surface area contributed by atoms with Gasteiger partial charge in [0.1, 0.15) is 11.2 Å². The van der Waals surface area contributed by atoms with Crippen molar-refractivity contribution in [3.63, 3.8) is 0 Å². The summed E-state index contributed by atoms with van der Waals surface area (Å²) in [4.78, 5) is 10.0. The van der Waals surface area contributed by atoms with Crippen LogP contribution in [0.2, 0.25) is 0 Å². The molecule has 0 atom stereocenters. The van der Waals surface area contributed by atoms with Crippen molar-refractivity contribution in [3.8, 4) is 0 Å². The van der Waals surface area contributed by atoms with Gasteiger partial charge in [-0.15, -0.1) is 0 Å². The Hall–Kier alpha value is -9.37. The first-order chi connectivity index (χ1) is 36.7. The molecule has 1 N–H and O–H groups in total. The number of fused-ring (bicyclic) bond motifs is 6. The van der Waals surface area contributed by atoms with E-state index in [0.29, 0.717) is 0 Å². The lowest BCUT2D eigenvalue weighted by Crippen LogP contribution is -2.32. The van der Waals surface area contributed by atoms with E-state index in [0.717, 1.165) is 55.1 Å². The number of hydrogen-bond acceptors (Lipinski definition) is 1. The second-order valence-electron chi connectivity index (χ2n) is 19.4. The van der Waals surface area contributed by atoms with Crippen molar-refractivity contribution in [1.82, 2.24) is 9.97 Å². The molecule has 0 aliphatic rings. The summed E-state index contributed by atoms with van der Waals surface area (Å²) in [6, 6.07) is 113. The number of nitrogens with one attached hydrogen (secondary N) is 1. The highest BCUT2D eigenvalue weighted by molar-refractivity contribution is 6.23. The Morgan fingerprint density at radius 1 is 0.216 bits per heavy atom. The average Bonchev–Trinajstić information content (AvgIpc) is 3.96. The minimum Gasteiger partial charge on any atom is -0.340 e. The highest BCUT2D eigenvalue weighted by Crippen LogP contribution is 2.51. The van der Waals surface area contributed by atoms with Crippen LogP contribution in [0.1, 0.15) is 67.0 Å². The van der Waals surface area contributed by atoms with Gasteiger partial charge in [0, 0.05) is 10.8 Å². The van der Waals surface area contributed by atoms with Crippen molar-refractivity contribution < 1.29 is 0 Å². The lowest BCUT2D eigenvalue weighted by atomic mass is 9.64. The van der Waals surface area contributed by atoms with Gasteiger partial charge in [-0.2, -0.15) is 0 Å². The summed E-state index contributed by atoms with van der Waals surface area (Å²) in [6.07, 6.45) is 0. The van der Waals surface area contributed by atoms with E-state index in [2.05, 4.69) is 314 Å². The third kappa shape index (κ3) is 6.98. The van der Waals surface area contributed by atoms with Crippen LogP contribution in [0, 0.1) is 0 Å². The van der Waals surface area contributed by atoms with Gasteiger partial charge in [-0.25, -0.2) is 4.98 Å². The SMILES string of the molecule is c1ccc(C(c2ccccc2)(c2ccccc2)c2ccc3c(c2)c2cc(C(c4ccccc4)(c4ccccc4)c4ccccc4)ccc2c2[nH]c(C(c4ccccc4)(c4ccccc4)c4ccccc4)nc32)cc1. The number of aromatic amines is 1. The molecular weight excluding hydrogens is 893 g/mol.